The van der Waals surface area contributed by atoms with Gasteiger partial charge in [0.2, 0.25) is 0 Å². The summed E-state index contributed by atoms with van der Waals surface area (Å²) in [5.74, 6) is 0.877. The number of hydrogen-bond acceptors (Lipinski definition) is 11. The zero-order valence-corrected chi connectivity index (χ0v) is 37.3. The summed E-state index contributed by atoms with van der Waals surface area (Å²) >= 11 is 6.17. The number of hydrogen-bond donors (Lipinski definition) is 2. The van der Waals surface area contributed by atoms with E-state index in [-0.39, 0.29) is 48.1 Å². The second-order valence-electron chi connectivity index (χ2n) is 17.5. The number of ether oxygens (including phenoxy) is 4. The van der Waals surface area contributed by atoms with Crippen molar-refractivity contribution in [2.75, 3.05) is 110 Å². The van der Waals surface area contributed by atoms with Gasteiger partial charge >= 0.3 is 24.3 Å². The highest BCUT2D eigenvalue weighted by Gasteiger charge is 2.39. The first-order valence-electron chi connectivity index (χ1n) is 22.6. The minimum absolute atomic E-state index is 0.0603. The number of fused-ring (bicyclic) bond motifs is 1. The molecule has 3 N–H and O–H groups in total. The van der Waals surface area contributed by atoms with Gasteiger partial charge in [0.1, 0.15) is 12.4 Å². The fraction of sp³-hybridized carbons (Fsp3) is 0.644. The number of carbonyl (C=O) groups excluding carboxylic acids is 4. The highest BCUT2D eigenvalue weighted by Crippen LogP contribution is 2.39. The van der Waals surface area contributed by atoms with Crippen LogP contribution in [0, 0.1) is 11.8 Å². The Morgan fingerprint density at radius 1 is 0.875 bits per heavy atom. The van der Waals surface area contributed by atoms with Crippen LogP contribution in [0.15, 0.2) is 30.3 Å². The number of likely N-dealkylation sites (tertiary alicyclic amines) is 3. The maximum Gasteiger partial charge on any atom is 0.418 e. The van der Waals surface area contributed by atoms with Crippen molar-refractivity contribution in [1.82, 2.24) is 24.5 Å². The van der Waals surface area contributed by atoms with Crippen molar-refractivity contribution < 1.29 is 51.3 Å². The molecular formula is C45H61ClF3N7O8. The van der Waals surface area contributed by atoms with Gasteiger partial charge in [0.15, 0.2) is 6.10 Å². The van der Waals surface area contributed by atoms with E-state index < -0.39 is 35.5 Å². The minimum Gasteiger partial charge on any atom is -0.497 e. The molecule has 1 atom stereocenters. The number of morpholine rings is 1. The summed E-state index contributed by atoms with van der Waals surface area (Å²) in [6.07, 6.45) is -1.93. The number of nitrogens with one attached hydrogen (secondary N) is 1. The number of anilines is 2. The number of esters is 1. The first-order valence-corrected chi connectivity index (χ1v) is 23.0. The fourth-order valence-electron chi connectivity index (χ4n) is 9.76. The number of halogens is 4. The molecule has 0 bridgehead atoms. The maximum atomic E-state index is 14.3. The predicted molar refractivity (Wildman–Crippen MR) is 233 cm³/mol. The van der Waals surface area contributed by atoms with Crippen LogP contribution in [0.2, 0.25) is 5.02 Å². The third kappa shape index (κ3) is 12.2. The van der Waals surface area contributed by atoms with E-state index in [0.717, 1.165) is 69.2 Å². The van der Waals surface area contributed by atoms with Gasteiger partial charge in [-0.25, -0.2) is 9.59 Å². The summed E-state index contributed by atoms with van der Waals surface area (Å²) in [6.45, 7) is 8.44. The largest absolute Gasteiger partial charge is 0.497 e. The standard InChI is InChI=1S/C45H61ClF3N7O8/c1-61-35-2-3-38-33(29-35)8-19-56(43(59)51-38)34-9-17-55(18-10-34)44(60)64-39(28-30-26-36(45(47,48)49)41(50)37(46)27-30)42(58)54-15-6-32(7-16-54)31-4-12-52(13-5-31)14-11-40(57)63-25-22-53-20-23-62-24-21-53/h2-3,26-27,29,31-32,34,39H,4-25,28,50H2,1H3,(H,51,59)/t39-/m1/s1. The van der Waals surface area contributed by atoms with Gasteiger partial charge < -0.3 is 49.6 Å². The van der Waals surface area contributed by atoms with Crippen LogP contribution >= 0.6 is 11.6 Å². The van der Waals surface area contributed by atoms with Crippen molar-refractivity contribution >= 4 is 47.0 Å². The highest BCUT2D eigenvalue weighted by molar-refractivity contribution is 6.33. The van der Waals surface area contributed by atoms with Crippen LogP contribution in [0.25, 0.3) is 0 Å². The van der Waals surface area contributed by atoms with Gasteiger partial charge in [-0.1, -0.05) is 11.6 Å². The molecule has 2 aromatic rings. The molecule has 4 fully saturated rings. The second-order valence-corrected chi connectivity index (χ2v) is 17.9. The maximum absolute atomic E-state index is 14.3. The Hall–Kier alpha value is -4.52. The Balaban J connectivity index is 0.914. The van der Waals surface area contributed by atoms with E-state index in [1.165, 1.54) is 11.0 Å². The van der Waals surface area contributed by atoms with Crippen LogP contribution in [0.3, 0.4) is 0 Å². The molecule has 0 radical (unpaired) electrons. The van der Waals surface area contributed by atoms with Gasteiger partial charge in [0.25, 0.3) is 5.91 Å². The molecule has 15 nitrogen and oxygen atoms in total. The molecule has 0 spiro atoms. The predicted octanol–water partition coefficient (Wildman–Crippen LogP) is 5.77. The number of urea groups is 1. The third-order valence-electron chi connectivity index (χ3n) is 13.6. The van der Waals surface area contributed by atoms with Gasteiger partial charge in [-0.05, 0) is 111 Å². The van der Waals surface area contributed by atoms with E-state index in [9.17, 15) is 32.3 Å². The molecule has 352 valence electrons. The minimum atomic E-state index is -4.79. The van der Waals surface area contributed by atoms with Crippen LogP contribution in [0.4, 0.5) is 34.1 Å². The Morgan fingerprint density at radius 3 is 2.20 bits per heavy atom. The Kier molecular flexibility index (Phi) is 16.0. The molecule has 0 aromatic heterocycles. The molecule has 0 unspecified atom stereocenters. The molecule has 19 heteroatoms. The summed E-state index contributed by atoms with van der Waals surface area (Å²) < 4.78 is 64.0. The highest BCUT2D eigenvalue weighted by atomic mass is 35.5. The number of carbonyl (C=O) groups is 4. The Morgan fingerprint density at radius 2 is 1.53 bits per heavy atom. The van der Waals surface area contributed by atoms with Crippen molar-refractivity contribution in [3.63, 3.8) is 0 Å². The SMILES string of the molecule is COc1ccc2c(c1)CCN(C1CCN(C(=O)O[C@H](Cc3cc(Cl)c(N)c(C(F)(F)F)c3)C(=O)N3CCC(C4CCN(CCC(=O)OCCN5CCOCC5)CC4)CC3)CC1)C(=O)N2. The number of nitrogens with two attached hydrogens (primary N) is 1. The lowest BCUT2D eigenvalue weighted by molar-refractivity contribution is -0.145. The number of nitrogens with zero attached hydrogens (tertiary/aromatic N) is 5. The molecule has 2 aromatic carbocycles. The second kappa shape index (κ2) is 21.6. The molecule has 0 aliphatic carbocycles. The first-order chi connectivity index (χ1) is 30.7. The number of benzene rings is 2. The zero-order valence-electron chi connectivity index (χ0n) is 36.6. The zero-order chi connectivity index (χ0) is 45.4. The number of nitrogen functional groups attached to an aromatic ring is 1. The van der Waals surface area contributed by atoms with Gasteiger partial charge in [0.05, 0.1) is 43.0 Å². The van der Waals surface area contributed by atoms with E-state index in [1.807, 2.05) is 12.1 Å². The summed E-state index contributed by atoms with van der Waals surface area (Å²) in [6, 6.07) is 7.28. The fourth-order valence-corrected chi connectivity index (χ4v) is 10.00. The lowest BCUT2D eigenvalue weighted by atomic mass is 9.78. The van der Waals surface area contributed by atoms with Gasteiger partial charge in [-0.3, -0.25) is 14.5 Å². The Labute approximate surface area is 377 Å². The number of amides is 4. The van der Waals surface area contributed by atoms with Crippen molar-refractivity contribution in [1.29, 1.82) is 0 Å². The smallest absolute Gasteiger partial charge is 0.418 e. The number of alkyl halides is 3. The van der Waals surface area contributed by atoms with Crippen LogP contribution in [0.1, 0.15) is 61.6 Å². The average Bonchev–Trinajstić information content (AvgIpc) is 3.46. The van der Waals surface area contributed by atoms with Crippen LogP contribution in [-0.4, -0.2) is 160 Å². The van der Waals surface area contributed by atoms with E-state index in [4.69, 9.17) is 36.3 Å². The van der Waals surface area contributed by atoms with E-state index in [1.54, 1.807) is 23.0 Å². The average molecular weight is 920 g/mol. The normalized spacial score (nSPS) is 20.6. The molecular weight excluding hydrogens is 859 g/mol. The van der Waals surface area contributed by atoms with Crippen molar-refractivity contribution in [3.8, 4) is 5.75 Å². The van der Waals surface area contributed by atoms with Crippen LogP contribution in [-0.2, 0) is 42.8 Å². The number of piperidine rings is 3. The molecule has 4 amide bonds. The van der Waals surface area contributed by atoms with Crippen LogP contribution < -0.4 is 15.8 Å². The lowest BCUT2D eigenvalue weighted by Gasteiger charge is -2.41. The molecule has 0 saturated carbocycles. The quantitative estimate of drug-likeness (QED) is 0.186. The molecule has 64 heavy (non-hydrogen) atoms. The van der Waals surface area contributed by atoms with Crippen LogP contribution in [0.5, 0.6) is 5.75 Å². The van der Waals surface area contributed by atoms with Gasteiger partial charge in [0, 0.05) is 77.1 Å². The summed E-state index contributed by atoms with van der Waals surface area (Å²) in [4.78, 5) is 63.2. The van der Waals surface area contributed by atoms with E-state index in [2.05, 4.69) is 15.1 Å². The topological polar surface area (TPSA) is 159 Å². The van der Waals surface area contributed by atoms with E-state index >= 15 is 0 Å². The molecule has 5 aliphatic rings. The summed E-state index contributed by atoms with van der Waals surface area (Å²) in [5.41, 5.74) is 5.71. The summed E-state index contributed by atoms with van der Waals surface area (Å²) in [7, 11) is 1.59. The van der Waals surface area contributed by atoms with Crippen molar-refractivity contribution in [2.24, 2.45) is 11.8 Å². The monoisotopic (exact) mass is 919 g/mol. The first kappa shape index (κ1) is 47.4. The Bertz CT molecular complexity index is 1950. The molecule has 5 aliphatic heterocycles. The van der Waals surface area contributed by atoms with Crippen molar-refractivity contribution in [3.05, 3.63) is 52.0 Å². The third-order valence-corrected chi connectivity index (χ3v) is 13.9. The number of methoxy groups -OCH3 is 1. The summed E-state index contributed by atoms with van der Waals surface area (Å²) in [5, 5.41) is 2.68. The van der Waals surface area contributed by atoms with E-state index in [0.29, 0.717) is 95.8 Å². The van der Waals surface area contributed by atoms with Crippen molar-refractivity contribution in [2.45, 2.75) is 76.1 Å². The molecule has 5 heterocycles. The van der Waals surface area contributed by atoms with Gasteiger partial charge in [-0.15, -0.1) is 0 Å². The number of rotatable bonds is 13. The molecule has 7 rings (SSSR count). The van der Waals surface area contributed by atoms with Gasteiger partial charge in [-0.2, -0.15) is 13.2 Å². The molecule has 4 saturated heterocycles. The lowest BCUT2D eigenvalue weighted by Crippen LogP contribution is -2.52.